The number of carbonyl (C=O) groups excluding carboxylic acids is 1. The molecule has 3 heteroatoms. The topological polar surface area (TPSA) is 30.0 Å². The van der Waals surface area contributed by atoms with Crippen molar-refractivity contribution in [2.45, 2.75) is 13.8 Å². The first kappa shape index (κ1) is 8.14. The van der Waals surface area contributed by atoms with Crippen LogP contribution in [0.3, 0.4) is 0 Å². The molecule has 0 unspecified atom stereocenters. The lowest BCUT2D eigenvalue weighted by molar-refractivity contribution is -0.104. The fourth-order valence-corrected chi connectivity index (χ4v) is 1.28. The van der Waals surface area contributed by atoms with Gasteiger partial charge in [0, 0.05) is 5.38 Å². The molecule has 0 fully saturated rings. The molecule has 0 spiro atoms. The molecule has 58 valence electrons. The van der Waals surface area contributed by atoms with Crippen LogP contribution in [-0.2, 0) is 4.79 Å². The molecular weight excluding hydrogens is 158 g/mol. The minimum atomic E-state index is 0.704. The van der Waals surface area contributed by atoms with Crippen molar-refractivity contribution in [1.82, 2.24) is 4.98 Å². The number of allylic oxidation sites excluding steroid dienone is 1. The number of aldehydes is 1. The lowest BCUT2D eigenvalue weighted by Crippen LogP contribution is -1.77. The van der Waals surface area contributed by atoms with Crippen LogP contribution in [0.5, 0.6) is 0 Å². The molecule has 1 aromatic heterocycles. The summed E-state index contributed by atoms with van der Waals surface area (Å²) in [6.07, 6.45) is 2.60. The third-order valence-electron chi connectivity index (χ3n) is 1.20. The van der Waals surface area contributed by atoms with Gasteiger partial charge in [-0.2, -0.15) is 0 Å². The molecule has 0 saturated carbocycles. The van der Waals surface area contributed by atoms with Gasteiger partial charge in [-0.15, -0.1) is 11.3 Å². The maximum absolute atomic E-state index is 10.2. The van der Waals surface area contributed by atoms with Crippen LogP contribution in [0.1, 0.15) is 17.6 Å². The molecule has 0 aliphatic rings. The number of aryl methyl sites for hydroxylation is 1. The first-order valence-electron chi connectivity index (χ1n) is 3.28. The number of aromatic nitrogens is 1. The van der Waals surface area contributed by atoms with E-state index in [-0.39, 0.29) is 0 Å². The van der Waals surface area contributed by atoms with Gasteiger partial charge in [-0.3, -0.25) is 4.79 Å². The normalized spacial score (nSPS) is 11.6. The average Bonchev–Trinajstić information content (AvgIpc) is 2.35. The van der Waals surface area contributed by atoms with E-state index >= 15 is 0 Å². The van der Waals surface area contributed by atoms with Crippen LogP contribution in [0, 0.1) is 6.92 Å². The van der Waals surface area contributed by atoms with Crippen LogP contribution >= 0.6 is 11.3 Å². The van der Waals surface area contributed by atoms with E-state index in [1.54, 1.807) is 24.3 Å². The molecule has 0 atom stereocenters. The number of carbonyl (C=O) groups is 1. The van der Waals surface area contributed by atoms with Crippen molar-refractivity contribution in [3.05, 3.63) is 21.7 Å². The minimum Gasteiger partial charge on any atom is -0.298 e. The molecule has 1 rings (SSSR count). The van der Waals surface area contributed by atoms with Crippen molar-refractivity contribution in [3.8, 4) is 0 Å². The quantitative estimate of drug-likeness (QED) is 0.498. The van der Waals surface area contributed by atoms with Crippen molar-refractivity contribution in [2.75, 3.05) is 0 Å². The number of nitrogens with zero attached hydrogens (tertiary/aromatic N) is 1. The van der Waals surface area contributed by atoms with Crippen LogP contribution in [0.4, 0.5) is 0 Å². The van der Waals surface area contributed by atoms with Gasteiger partial charge in [-0.25, -0.2) is 4.98 Å². The fraction of sp³-hybridized carbons (Fsp3) is 0.250. The highest BCUT2D eigenvalue weighted by Crippen LogP contribution is 2.10. The maximum atomic E-state index is 10.2. The summed E-state index contributed by atoms with van der Waals surface area (Å²) >= 11 is 1.59. The van der Waals surface area contributed by atoms with Gasteiger partial charge < -0.3 is 0 Å². The summed E-state index contributed by atoms with van der Waals surface area (Å²) < 4.78 is 0. The fourth-order valence-electron chi connectivity index (χ4n) is 0.714. The predicted molar refractivity (Wildman–Crippen MR) is 46.6 cm³/mol. The van der Waals surface area contributed by atoms with Crippen LogP contribution in [0.25, 0.3) is 6.08 Å². The molecule has 0 aromatic carbocycles. The summed E-state index contributed by atoms with van der Waals surface area (Å²) in [7, 11) is 0. The lowest BCUT2D eigenvalue weighted by atomic mass is 10.3. The molecule has 0 radical (unpaired) electrons. The van der Waals surface area contributed by atoms with Crippen molar-refractivity contribution in [1.29, 1.82) is 0 Å². The molecule has 0 aliphatic carbocycles. The molecule has 11 heavy (non-hydrogen) atoms. The Labute approximate surface area is 69.6 Å². The highest BCUT2D eigenvalue weighted by molar-refractivity contribution is 7.09. The van der Waals surface area contributed by atoms with Crippen molar-refractivity contribution < 1.29 is 4.79 Å². The zero-order chi connectivity index (χ0) is 8.27. The van der Waals surface area contributed by atoms with E-state index in [1.165, 1.54) is 0 Å². The Balaban J connectivity index is 2.86. The van der Waals surface area contributed by atoms with E-state index in [0.717, 1.165) is 17.0 Å². The number of hydrogen-bond donors (Lipinski definition) is 0. The van der Waals surface area contributed by atoms with Gasteiger partial charge >= 0.3 is 0 Å². The van der Waals surface area contributed by atoms with E-state index in [0.29, 0.717) is 5.57 Å². The molecule has 0 bridgehead atoms. The SMILES string of the molecule is CC(C=O)=Cc1csc(C)n1. The van der Waals surface area contributed by atoms with Gasteiger partial charge in [0.1, 0.15) is 6.29 Å². The van der Waals surface area contributed by atoms with Gasteiger partial charge in [0.15, 0.2) is 0 Å². The number of thiazole rings is 1. The van der Waals surface area contributed by atoms with Crippen molar-refractivity contribution >= 4 is 23.7 Å². The largest absolute Gasteiger partial charge is 0.298 e. The zero-order valence-corrected chi connectivity index (χ0v) is 7.31. The second-order valence-corrected chi connectivity index (χ2v) is 3.36. The summed E-state index contributed by atoms with van der Waals surface area (Å²) in [6.45, 7) is 3.71. The van der Waals surface area contributed by atoms with E-state index in [4.69, 9.17) is 0 Å². The summed E-state index contributed by atoms with van der Waals surface area (Å²) in [5, 5.41) is 2.96. The van der Waals surface area contributed by atoms with E-state index in [1.807, 2.05) is 12.3 Å². The van der Waals surface area contributed by atoms with Gasteiger partial charge in [-0.05, 0) is 25.5 Å². The van der Waals surface area contributed by atoms with E-state index < -0.39 is 0 Å². The molecule has 2 nitrogen and oxygen atoms in total. The first-order chi connectivity index (χ1) is 5.22. The Hall–Kier alpha value is -0.960. The minimum absolute atomic E-state index is 0.704. The van der Waals surface area contributed by atoms with E-state index in [9.17, 15) is 4.79 Å². The smallest absolute Gasteiger partial charge is 0.145 e. The second-order valence-electron chi connectivity index (χ2n) is 2.30. The molecule has 0 saturated heterocycles. The van der Waals surface area contributed by atoms with Gasteiger partial charge in [0.25, 0.3) is 0 Å². The Morgan fingerprint density at radius 2 is 2.45 bits per heavy atom. The third-order valence-corrected chi connectivity index (χ3v) is 1.99. The summed E-state index contributed by atoms with van der Waals surface area (Å²) in [5.74, 6) is 0. The summed E-state index contributed by atoms with van der Waals surface area (Å²) in [4.78, 5) is 14.4. The molecule has 1 heterocycles. The third kappa shape index (κ3) is 2.27. The van der Waals surface area contributed by atoms with Crippen LogP contribution in [-0.4, -0.2) is 11.3 Å². The molecule has 0 amide bonds. The summed E-state index contributed by atoms with van der Waals surface area (Å²) in [6, 6.07) is 0. The predicted octanol–water partition coefficient (Wildman–Crippen LogP) is 2.05. The molecule has 1 aromatic rings. The molecular formula is C8H9NOS. The Kier molecular flexibility index (Phi) is 2.54. The Morgan fingerprint density at radius 3 is 2.91 bits per heavy atom. The van der Waals surface area contributed by atoms with Crippen molar-refractivity contribution in [3.63, 3.8) is 0 Å². The number of hydrogen-bond acceptors (Lipinski definition) is 3. The standard InChI is InChI=1S/C8H9NOS/c1-6(4-10)3-8-5-11-7(2)9-8/h3-5H,1-2H3. The van der Waals surface area contributed by atoms with Crippen LogP contribution in [0.15, 0.2) is 11.0 Å². The van der Waals surface area contributed by atoms with Crippen molar-refractivity contribution in [2.24, 2.45) is 0 Å². The Bertz CT molecular complexity index is 288. The molecule has 0 N–H and O–H groups in total. The number of rotatable bonds is 2. The van der Waals surface area contributed by atoms with Crippen LogP contribution < -0.4 is 0 Å². The van der Waals surface area contributed by atoms with Gasteiger partial charge in [-0.1, -0.05) is 0 Å². The molecule has 0 aliphatic heterocycles. The average molecular weight is 167 g/mol. The van der Waals surface area contributed by atoms with E-state index in [2.05, 4.69) is 4.98 Å². The van der Waals surface area contributed by atoms with Gasteiger partial charge in [0.05, 0.1) is 10.7 Å². The van der Waals surface area contributed by atoms with Crippen LogP contribution in [0.2, 0.25) is 0 Å². The Morgan fingerprint density at radius 1 is 1.73 bits per heavy atom. The first-order valence-corrected chi connectivity index (χ1v) is 4.16. The zero-order valence-electron chi connectivity index (χ0n) is 6.50. The second kappa shape index (κ2) is 3.44. The highest BCUT2D eigenvalue weighted by atomic mass is 32.1. The monoisotopic (exact) mass is 167 g/mol. The summed E-state index contributed by atoms with van der Waals surface area (Å²) in [5.41, 5.74) is 1.58. The van der Waals surface area contributed by atoms with Gasteiger partial charge in [0.2, 0.25) is 0 Å². The highest BCUT2D eigenvalue weighted by Gasteiger charge is 1.93. The maximum Gasteiger partial charge on any atom is 0.145 e. The lowest BCUT2D eigenvalue weighted by Gasteiger charge is -1.83.